The summed E-state index contributed by atoms with van der Waals surface area (Å²) in [5.41, 5.74) is 8.07. The zero-order valence-corrected chi connectivity index (χ0v) is 19.3. The van der Waals surface area contributed by atoms with E-state index in [1.807, 2.05) is 47.6 Å². The van der Waals surface area contributed by atoms with E-state index in [0.29, 0.717) is 17.0 Å². The van der Waals surface area contributed by atoms with Crippen molar-refractivity contribution in [2.45, 2.75) is 72.5 Å². The van der Waals surface area contributed by atoms with Crippen LogP contribution in [-0.4, -0.2) is 17.0 Å². The van der Waals surface area contributed by atoms with Crippen LogP contribution in [0.1, 0.15) is 76.4 Å². The number of carbonyl (C=O) groups excluding carboxylic acids is 1. The molecule has 2 rings (SSSR count). The molecule has 4 nitrogen and oxygen atoms in total. The number of allylic oxidation sites excluding steroid dienone is 1. The van der Waals surface area contributed by atoms with Gasteiger partial charge in [0.15, 0.2) is 5.78 Å². The standard InChI is InChI=1S/C26H35NO3/c1-8-9-19-12-17-23(29-25(2,3)4)21(24(19)30-26(5,6)7)15-16-22(28)18-10-13-20(27)14-11-18/h10-17H,8-9,27H2,1-7H3/b16-15+. The van der Waals surface area contributed by atoms with Gasteiger partial charge in [-0.3, -0.25) is 4.79 Å². The summed E-state index contributed by atoms with van der Waals surface area (Å²) in [6.45, 7) is 14.2. The fourth-order valence-electron chi connectivity index (χ4n) is 3.00. The van der Waals surface area contributed by atoms with Crippen LogP contribution in [-0.2, 0) is 6.42 Å². The third kappa shape index (κ3) is 6.94. The number of hydrogen-bond donors (Lipinski definition) is 1. The molecule has 0 saturated carbocycles. The van der Waals surface area contributed by atoms with Gasteiger partial charge in [-0.1, -0.05) is 19.4 Å². The van der Waals surface area contributed by atoms with Gasteiger partial charge in [-0.15, -0.1) is 0 Å². The summed E-state index contributed by atoms with van der Waals surface area (Å²) in [5, 5.41) is 0. The molecule has 0 radical (unpaired) electrons. The molecule has 0 saturated heterocycles. The molecule has 4 heteroatoms. The van der Waals surface area contributed by atoms with Gasteiger partial charge < -0.3 is 15.2 Å². The SMILES string of the molecule is CCCc1ccc(OC(C)(C)C)c(/C=C/C(=O)c2ccc(N)cc2)c1OC(C)(C)C. The van der Waals surface area contributed by atoms with E-state index in [4.69, 9.17) is 15.2 Å². The summed E-state index contributed by atoms with van der Waals surface area (Å²) in [7, 11) is 0. The summed E-state index contributed by atoms with van der Waals surface area (Å²) >= 11 is 0. The van der Waals surface area contributed by atoms with Crippen LogP contribution >= 0.6 is 0 Å². The maximum Gasteiger partial charge on any atom is 0.185 e. The molecule has 0 aromatic heterocycles. The van der Waals surface area contributed by atoms with Gasteiger partial charge in [-0.05, 0) is 96.0 Å². The van der Waals surface area contributed by atoms with E-state index in [1.165, 1.54) is 0 Å². The van der Waals surface area contributed by atoms with Gasteiger partial charge in [0.2, 0.25) is 0 Å². The van der Waals surface area contributed by atoms with Gasteiger partial charge in [-0.2, -0.15) is 0 Å². The zero-order chi connectivity index (χ0) is 22.5. The van der Waals surface area contributed by atoms with Crippen molar-refractivity contribution in [3.05, 3.63) is 59.2 Å². The predicted octanol–water partition coefficient (Wildman–Crippen LogP) is 6.47. The van der Waals surface area contributed by atoms with Crippen LogP contribution < -0.4 is 15.2 Å². The van der Waals surface area contributed by atoms with E-state index in [1.54, 1.807) is 36.4 Å². The Labute approximate surface area is 181 Å². The molecular weight excluding hydrogens is 374 g/mol. The van der Waals surface area contributed by atoms with E-state index < -0.39 is 0 Å². The number of nitrogen functional groups attached to an aromatic ring is 1. The minimum Gasteiger partial charge on any atom is -0.487 e. The Morgan fingerprint density at radius 1 is 0.933 bits per heavy atom. The first-order valence-corrected chi connectivity index (χ1v) is 10.5. The van der Waals surface area contributed by atoms with Crippen molar-refractivity contribution in [1.82, 2.24) is 0 Å². The third-order valence-electron chi connectivity index (χ3n) is 4.18. The molecule has 0 spiro atoms. The maximum atomic E-state index is 12.7. The number of ether oxygens (including phenoxy) is 2. The normalized spacial score (nSPS) is 12.2. The first-order valence-electron chi connectivity index (χ1n) is 10.5. The molecule has 0 fully saturated rings. The average Bonchev–Trinajstić information content (AvgIpc) is 2.61. The van der Waals surface area contributed by atoms with Crippen molar-refractivity contribution >= 4 is 17.5 Å². The van der Waals surface area contributed by atoms with Gasteiger partial charge in [0.25, 0.3) is 0 Å². The lowest BCUT2D eigenvalue weighted by Crippen LogP contribution is -2.26. The van der Waals surface area contributed by atoms with Crippen LogP contribution in [0.5, 0.6) is 11.5 Å². The van der Waals surface area contributed by atoms with E-state index >= 15 is 0 Å². The van der Waals surface area contributed by atoms with Gasteiger partial charge in [0, 0.05) is 11.3 Å². The molecule has 0 heterocycles. The monoisotopic (exact) mass is 409 g/mol. The van der Waals surface area contributed by atoms with Crippen molar-refractivity contribution in [2.24, 2.45) is 0 Å². The molecule has 2 N–H and O–H groups in total. The molecule has 0 bridgehead atoms. The van der Waals surface area contributed by atoms with Crippen LogP contribution in [0.25, 0.3) is 6.08 Å². The molecular formula is C26H35NO3. The number of carbonyl (C=O) groups is 1. The van der Waals surface area contributed by atoms with Gasteiger partial charge >= 0.3 is 0 Å². The Morgan fingerprint density at radius 3 is 2.07 bits per heavy atom. The average molecular weight is 410 g/mol. The Bertz CT molecular complexity index is 898. The molecule has 2 aromatic carbocycles. The Hall–Kier alpha value is -2.75. The molecule has 30 heavy (non-hydrogen) atoms. The third-order valence-corrected chi connectivity index (χ3v) is 4.18. The van der Waals surface area contributed by atoms with E-state index in [0.717, 1.165) is 29.7 Å². The van der Waals surface area contributed by atoms with Crippen molar-refractivity contribution < 1.29 is 14.3 Å². The van der Waals surface area contributed by atoms with Crippen molar-refractivity contribution in [3.8, 4) is 11.5 Å². The molecule has 0 unspecified atom stereocenters. The quantitative estimate of drug-likeness (QED) is 0.323. The number of nitrogens with two attached hydrogens (primary N) is 1. The predicted molar refractivity (Wildman–Crippen MR) is 125 cm³/mol. The van der Waals surface area contributed by atoms with Crippen LogP contribution in [0.2, 0.25) is 0 Å². The highest BCUT2D eigenvalue weighted by atomic mass is 16.5. The van der Waals surface area contributed by atoms with E-state index in [9.17, 15) is 4.79 Å². The Morgan fingerprint density at radius 2 is 1.53 bits per heavy atom. The van der Waals surface area contributed by atoms with Crippen LogP contribution in [0, 0.1) is 0 Å². The fraction of sp³-hybridized carbons (Fsp3) is 0.423. The minimum atomic E-state index is -0.383. The van der Waals surface area contributed by atoms with Crippen molar-refractivity contribution in [2.75, 3.05) is 5.73 Å². The Balaban J connectivity index is 2.56. The van der Waals surface area contributed by atoms with Crippen LogP contribution in [0.15, 0.2) is 42.5 Å². The highest BCUT2D eigenvalue weighted by Gasteiger charge is 2.22. The van der Waals surface area contributed by atoms with Crippen molar-refractivity contribution in [1.29, 1.82) is 0 Å². The lowest BCUT2D eigenvalue weighted by molar-refractivity contribution is 0.104. The van der Waals surface area contributed by atoms with Crippen LogP contribution in [0.4, 0.5) is 5.69 Å². The first kappa shape index (κ1) is 23.5. The second-order valence-corrected chi connectivity index (χ2v) is 9.46. The summed E-state index contributed by atoms with van der Waals surface area (Å²) in [6, 6.07) is 10.9. The smallest absolute Gasteiger partial charge is 0.185 e. The fourth-order valence-corrected chi connectivity index (χ4v) is 3.00. The number of benzene rings is 2. The molecule has 0 amide bonds. The van der Waals surface area contributed by atoms with Gasteiger partial charge in [0.05, 0.1) is 5.56 Å². The molecule has 0 aliphatic heterocycles. The highest BCUT2D eigenvalue weighted by Crippen LogP contribution is 2.38. The first-order chi connectivity index (χ1) is 13.9. The topological polar surface area (TPSA) is 61.5 Å². The number of ketones is 1. The molecule has 162 valence electrons. The zero-order valence-electron chi connectivity index (χ0n) is 19.3. The Kier molecular flexibility index (Phi) is 7.35. The minimum absolute atomic E-state index is 0.0979. The van der Waals surface area contributed by atoms with Crippen LogP contribution in [0.3, 0.4) is 0 Å². The lowest BCUT2D eigenvalue weighted by Gasteiger charge is -2.28. The molecule has 2 aromatic rings. The molecule has 0 aliphatic rings. The van der Waals surface area contributed by atoms with E-state index in [-0.39, 0.29) is 17.0 Å². The number of aryl methyl sites for hydroxylation is 1. The largest absolute Gasteiger partial charge is 0.487 e. The number of rotatable bonds is 7. The summed E-state index contributed by atoms with van der Waals surface area (Å²) < 4.78 is 12.6. The van der Waals surface area contributed by atoms with Crippen molar-refractivity contribution in [3.63, 3.8) is 0 Å². The summed E-state index contributed by atoms with van der Waals surface area (Å²) in [6.07, 6.45) is 5.25. The summed E-state index contributed by atoms with van der Waals surface area (Å²) in [4.78, 5) is 12.7. The van der Waals surface area contributed by atoms with Gasteiger partial charge in [-0.25, -0.2) is 0 Å². The number of anilines is 1. The maximum absolute atomic E-state index is 12.7. The van der Waals surface area contributed by atoms with Gasteiger partial charge in [0.1, 0.15) is 22.7 Å². The second-order valence-electron chi connectivity index (χ2n) is 9.46. The second kappa shape index (κ2) is 9.38. The molecule has 0 atom stereocenters. The number of hydrogen-bond acceptors (Lipinski definition) is 4. The van der Waals surface area contributed by atoms with E-state index in [2.05, 4.69) is 13.0 Å². The molecule has 0 aliphatic carbocycles. The highest BCUT2D eigenvalue weighted by molar-refractivity contribution is 6.07. The lowest BCUT2D eigenvalue weighted by atomic mass is 10.0. The summed E-state index contributed by atoms with van der Waals surface area (Å²) in [5.74, 6) is 1.37.